The fourth-order valence-electron chi connectivity index (χ4n) is 4.28. The first-order valence-corrected chi connectivity index (χ1v) is 13.6. The highest BCUT2D eigenvalue weighted by atomic mass is 16.5. The van der Waals surface area contributed by atoms with Crippen molar-refractivity contribution >= 4 is 18.0 Å². The van der Waals surface area contributed by atoms with E-state index in [1.807, 2.05) is 54.6 Å². The lowest BCUT2D eigenvalue weighted by Gasteiger charge is -2.14. The molecule has 0 saturated heterocycles. The Labute approximate surface area is 230 Å². The van der Waals surface area contributed by atoms with Crippen LogP contribution in [-0.2, 0) is 22.6 Å². The summed E-state index contributed by atoms with van der Waals surface area (Å²) in [5.74, 6) is -0.707. The highest BCUT2D eigenvalue weighted by molar-refractivity contribution is 5.87. The summed E-state index contributed by atoms with van der Waals surface area (Å²) in [5.41, 5.74) is 3.48. The van der Waals surface area contributed by atoms with Crippen LogP contribution >= 0.6 is 0 Å². The van der Waals surface area contributed by atoms with E-state index in [1.54, 1.807) is 12.1 Å². The molecule has 2 N–H and O–H groups in total. The van der Waals surface area contributed by atoms with Gasteiger partial charge >= 0.3 is 11.9 Å². The van der Waals surface area contributed by atoms with Crippen LogP contribution in [0.1, 0.15) is 65.6 Å². The number of benzene rings is 3. The Hall–Kier alpha value is -3.90. The zero-order chi connectivity index (χ0) is 27.7. The topological polar surface area (TPSA) is 93.1 Å². The van der Waals surface area contributed by atoms with Crippen molar-refractivity contribution in [2.45, 2.75) is 51.6 Å². The quantitative estimate of drug-likeness (QED) is 0.168. The molecule has 206 valence electrons. The Balaban J connectivity index is 1.52. The second-order valence-electron chi connectivity index (χ2n) is 9.60. The molecule has 0 saturated carbocycles. The third-order valence-corrected chi connectivity index (χ3v) is 6.43. The molecule has 6 nitrogen and oxygen atoms in total. The number of aliphatic carboxylic acids is 1. The van der Waals surface area contributed by atoms with Crippen molar-refractivity contribution in [1.29, 1.82) is 0 Å². The molecule has 0 heterocycles. The molecule has 0 spiro atoms. The van der Waals surface area contributed by atoms with Crippen molar-refractivity contribution in [2.24, 2.45) is 5.92 Å². The third kappa shape index (κ3) is 11.6. The number of ether oxygens (including phenoxy) is 2. The largest absolute Gasteiger partial charge is 0.493 e. The lowest BCUT2D eigenvalue weighted by molar-refractivity contribution is -0.137. The molecule has 6 heteroatoms. The minimum Gasteiger partial charge on any atom is -0.493 e. The summed E-state index contributed by atoms with van der Waals surface area (Å²) in [6, 6.07) is 25.0. The lowest BCUT2D eigenvalue weighted by atomic mass is 9.92. The normalized spacial score (nSPS) is 11.9. The standard InChI is InChI=1S/C33H38O6/c34-32(35)15-7-4-10-26(24-27-17-20-30(21-18-27)33(36)37)16-19-29-13-5-6-14-31(29)39-23-9-8-22-38-25-28-11-2-1-3-12-28/h1-3,5-6,11-14,16-21,26H,4,7-10,15,22-25H2,(H,34,35)(H,36,37)/b19-16+. The van der Waals surface area contributed by atoms with Gasteiger partial charge in [-0.25, -0.2) is 4.79 Å². The van der Waals surface area contributed by atoms with Gasteiger partial charge in [-0.1, -0.05) is 79.2 Å². The smallest absolute Gasteiger partial charge is 0.335 e. The van der Waals surface area contributed by atoms with E-state index in [4.69, 9.17) is 19.7 Å². The summed E-state index contributed by atoms with van der Waals surface area (Å²) < 4.78 is 11.8. The van der Waals surface area contributed by atoms with Crippen molar-refractivity contribution in [3.05, 3.63) is 107 Å². The molecule has 39 heavy (non-hydrogen) atoms. The molecule has 0 aliphatic heterocycles. The van der Waals surface area contributed by atoms with Crippen molar-refractivity contribution in [1.82, 2.24) is 0 Å². The highest BCUT2D eigenvalue weighted by Gasteiger charge is 2.10. The van der Waals surface area contributed by atoms with Gasteiger partial charge in [0.2, 0.25) is 0 Å². The van der Waals surface area contributed by atoms with Gasteiger partial charge in [-0.3, -0.25) is 4.79 Å². The first kappa shape index (κ1) is 29.7. The van der Waals surface area contributed by atoms with Gasteiger partial charge in [0.05, 0.1) is 18.8 Å². The summed E-state index contributed by atoms with van der Waals surface area (Å²) in [6.07, 6.45) is 9.24. The summed E-state index contributed by atoms with van der Waals surface area (Å²) in [7, 11) is 0. The monoisotopic (exact) mass is 530 g/mol. The Morgan fingerprint density at radius 1 is 0.769 bits per heavy atom. The number of para-hydroxylation sites is 1. The average molecular weight is 531 g/mol. The number of hydrogen-bond acceptors (Lipinski definition) is 4. The van der Waals surface area contributed by atoms with E-state index in [-0.39, 0.29) is 17.9 Å². The number of carboxylic acid groups (broad SMARTS) is 2. The van der Waals surface area contributed by atoms with Gasteiger partial charge < -0.3 is 19.7 Å². The van der Waals surface area contributed by atoms with Crippen LogP contribution in [0.25, 0.3) is 6.08 Å². The molecule has 0 bridgehead atoms. The maximum atomic E-state index is 11.2. The zero-order valence-corrected chi connectivity index (χ0v) is 22.3. The van der Waals surface area contributed by atoms with Crippen molar-refractivity contribution in [3.63, 3.8) is 0 Å². The van der Waals surface area contributed by atoms with Gasteiger partial charge in [-0.2, -0.15) is 0 Å². The van der Waals surface area contributed by atoms with Crippen LogP contribution in [0, 0.1) is 5.92 Å². The minimum absolute atomic E-state index is 0.164. The Bertz CT molecular complexity index is 1170. The number of aromatic carboxylic acids is 1. The van der Waals surface area contributed by atoms with Crippen molar-refractivity contribution in [2.75, 3.05) is 13.2 Å². The van der Waals surface area contributed by atoms with E-state index in [0.717, 1.165) is 49.0 Å². The van der Waals surface area contributed by atoms with E-state index in [2.05, 4.69) is 24.3 Å². The van der Waals surface area contributed by atoms with E-state index in [0.29, 0.717) is 26.2 Å². The number of carboxylic acids is 2. The summed E-state index contributed by atoms with van der Waals surface area (Å²) >= 11 is 0. The lowest BCUT2D eigenvalue weighted by Crippen LogP contribution is -2.04. The molecule has 0 aliphatic carbocycles. The van der Waals surface area contributed by atoms with E-state index in [1.165, 1.54) is 5.56 Å². The van der Waals surface area contributed by atoms with Gasteiger partial charge in [-0.05, 0) is 67.3 Å². The molecule has 3 aromatic rings. The summed E-state index contributed by atoms with van der Waals surface area (Å²) in [4.78, 5) is 22.1. The molecule has 1 atom stereocenters. The number of rotatable bonds is 18. The predicted octanol–water partition coefficient (Wildman–Crippen LogP) is 7.28. The molecule has 0 aromatic heterocycles. The Kier molecular flexibility index (Phi) is 12.8. The number of allylic oxidation sites excluding steroid dienone is 1. The van der Waals surface area contributed by atoms with Crippen LogP contribution in [0.4, 0.5) is 0 Å². The van der Waals surface area contributed by atoms with Gasteiger partial charge in [0.25, 0.3) is 0 Å². The Morgan fingerprint density at radius 3 is 2.23 bits per heavy atom. The fourth-order valence-corrected chi connectivity index (χ4v) is 4.28. The molecule has 3 aromatic carbocycles. The second-order valence-corrected chi connectivity index (χ2v) is 9.60. The van der Waals surface area contributed by atoms with Gasteiger partial charge in [-0.15, -0.1) is 0 Å². The second kappa shape index (κ2) is 16.8. The van der Waals surface area contributed by atoms with E-state index >= 15 is 0 Å². The number of unbranched alkanes of at least 4 members (excludes halogenated alkanes) is 2. The molecule has 1 unspecified atom stereocenters. The Morgan fingerprint density at radius 2 is 1.49 bits per heavy atom. The summed E-state index contributed by atoms with van der Waals surface area (Å²) in [6.45, 7) is 1.92. The van der Waals surface area contributed by atoms with Crippen LogP contribution in [0.15, 0.2) is 84.9 Å². The summed E-state index contributed by atoms with van der Waals surface area (Å²) in [5, 5.41) is 18.1. The molecule has 0 fully saturated rings. The first-order valence-electron chi connectivity index (χ1n) is 13.6. The van der Waals surface area contributed by atoms with Crippen LogP contribution in [-0.4, -0.2) is 35.4 Å². The molecule has 0 radical (unpaired) electrons. The number of carbonyl (C=O) groups is 2. The molecule has 0 amide bonds. The first-order chi connectivity index (χ1) is 19.0. The highest BCUT2D eigenvalue weighted by Crippen LogP contribution is 2.24. The number of hydrogen-bond donors (Lipinski definition) is 2. The maximum absolute atomic E-state index is 11.2. The van der Waals surface area contributed by atoms with Crippen LogP contribution in [0.5, 0.6) is 5.75 Å². The van der Waals surface area contributed by atoms with Gasteiger partial charge in [0, 0.05) is 18.6 Å². The van der Waals surface area contributed by atoms with Crippen LogP contribution in [0.2, 0.25) is 0 Å². The predicted molar refractivity (Wildman–Crippen MR) is 153 cm³/mol. The molecule has 0 aliphatic rings. The molecular weight excluding hydrogens is 492 g/mol. The van der Waals surface area contributed by atoms with E-state index in [9.17, 15) is 9.59 Å². The zero-order valence-electron chi connectivity index (χ0n) is 22.3. The van der Waals surface area contributed by atoms with E-state index < -0.39 is 11.9 Å². The van der Waals surface area contributed by atoms with Crippen molar-refractivity contribution in [3.8, 4) is 5.75 Å². The van der Waals surface area contributed by atoms with Crippen LogP contribution < -0.4 is 4.74 Å². The molecule has 3 rings (SSSR count). The average Bonchev–Trinajstić information content (AvgIpc) is 2.94. The van der Waals surface area contributed by atoms with Gasteiger partial charge in [0.15, 0.2) is 0 Å². The van der Waals surface area contributed by atoms with Crippen molar-refractivity contribution < 1.29 is 29.3 Å². The SMILES string of the molecule is O=C(O)CCCCC(/C=C/c1ccccc1OCCCCOCc1ccccc1)Cc1ccc(C(=O)O)cc1. The van der Waals surface area contributed by atoms with Crippen LogP contribution in [0.3, 0.4) is 0 Å². The molecular formula is C33H38O6. The minimum atomic E-state index is -0.942. The maximum Gasteiger partial charge on any atom is 0.335 e. The van der Waals surface area contributed by atoms with Gasteiger partial charge in [0.1, 0.15) is 5.75 Å². The fraction of sp³-hybridized carbons (Fsp3) is 0.333. The third-order valence-electron chi connectivity index (χ3n) is 6.43.